The van der Waals surface area contributed by atoms with Crippen molar-refractivity contribution in [2.45, 2.75) is 83.3 Å². The molecule has 1 heterocycles. The Morgan fingerprint density at radius 3 is 2.56 bits per heavy atom. The molecule has 36 heavy (non-hydrogen) atoms. The second kappa shape index (κ2) is 8.42. The predicted octanol–water partition coefficient (Wildman–Crippen LogP) is 4.79. The Bertz CT molecular complexity index is 1100. The molecule has 2 N–H and O–H groups in total. The largest absolute Gasteiger partial charge is 0.455 e. The normalized spacial score (nSPS) is 43.9. The molecule has 1 aliphatic heterocycles. The molecule has 0 radical (unpaired) electrons. The number of hydrogen-bond acceptors (Lipinski definition) is 6. The topological polar surface area (TPSA) is 93.1 Å². The van der Waals surface area contributed by atoms with Gasteiger partial charge in [0.25, 0.3) is 0 Å². The third kappa shape index (κ3) is 3.36. The highest BCUT2D eigenvalue weighted by Gasteiger charge is 2.68. The van der Waals surface area contributed by atoms with Crippen molar-refractivity contribution in [2.75, 3.05) is 6.61 Å². The van der Waals surface area contributed by atoms with Crippen molar-refractivity contribution in [1.82, 2.24) is 0 Å². The summed E-state index contributed by atoms with van der Waals surface area (Å²) in [6, 6.07) is 8.68. The van der Waals surface area contributed by atoms with E-state index in [1.807, 2.05) is 6.07 Å². The van der Waals surface area contributed by atoms with Crippen LogP contribution in [0.5, 0.6) is 0 Å². The Kier molecular flexibility index (Phi) is 5.65. The van der Waals surface area contributed by atoms with Gasteiger partial charge in [0, 0.05) is 11.0 Å². The maximum Gasteiger partial charge on any atom is 0.374 e. The van der Waals surface area contributed by atoms with Crippen LogP contribution in [-0.4, -0.2) is 40.5 Å². The number of aliphatic hydroxyl groups is 2. The Morgan fingerprint density at radius 2 is 1.78 bits per heavy atom. The van der Waals surface area contributed by atoms with Crippen LogP contribution in [0.15, 0.2) is 41.7 Å². The van der Waals surface area contributed by atoms with Crippen LogP contribution in [-0.2, 0) is 14.3 Å². The molecule has 0 bridgehead atoms. The van der Waals surface area contributed by atoms with Gasteiger partial charge < -0.3 is 19.7 Å². The molecule has 0 spiro atoms. The van der Waals surface area contributed by atoms with Gasteiger partial charge in [0.15, 0.2) is 0 Å². The van der Waals surface area contributed by atoms with Crippen LogP contribution in [0.2, 0.25) is 0 Å². The minimum absolute atomic E-state index is 0.0263. The van der Waals surface area contributed by atoms with Gasteiger partial charge in [0.05, 0.1) is 17.3 Å². The number of carbonyl (C=O) groups excluding carboxylic acids is 2. The third-order valence-corrected chi connectivity index (χ3v) is 11.3. The second-order valence-electron chi connectivity index (χ2n) is 12.6. The molecule has 8 atom stereocenters. The highest BCUT2D eigenvalue weighted by Crippen LogP contribution is 2.70. The van der Waals surface area contributed by atoms with Gasteiger partial charge in [-0.25, -0.2) is 9.59 Å². The van der Waals surface area contributed by atoms with Crippen molar-refractivity contribution in [3.05, 3.63) is 47.2 Å². The number of ether oxygens (including phenoxy) is 2. The number of cyclic esters (lactones) is 1. The fourth-order valence-electron chi connectivity index (χ4n) is 9.26. The zero-order valence-corrected chi connectivity index (χ0v) is 21.4. The van der Waals surface area contributed by atoms with E-state index < -0.39 is 23.0 Å². The molecule has 6 rings (SSSR count). The molecule has 0 aromatic heterocycles. The van der Waals surface area contributed by atoms with Crippen LogP contribution < -0.4 is 0 Å². The highest BCUT2D eigenvalue weighted by atomic mass is 16.6. The molecule has 6 heteroatoms. The minimum atomic E-state index is -0.822. The molecule has 6 nitrogen and oxygen atoms in total. The predicted molar refractivity (Wildman–Crippen MR) is 133 cm³/mol. The summed E-state index contributed by atoms with van der Waals surface area (Å²) in [5.74, 6) is 0.00876. The van der Waals surface area contributed by atoms with Gasteiger partial charge in [0.1, 0.15) is 6.61 Å². The molecule has 0 unspecified atom stereocenters. The van der Waals surface area contributed by atoms with Crippen molar-refractivity contribution in [3.63, 3.8) is 0 Å². The fourth-order valence-corrected chi connectivity index (χ4v) is 9.26. The average molecular weight is 495 g/mol. The first kappa shape index (κ1) is 24.2. The number of esters is 2. The second-order valence-corrected chi connectivity index (χ2v) is 12.6. The molecule has 5 aliphatic rings. The smallest absolute Gasteiger partial charge is 0.374 e. The van der Waals surface area contributed by atoms with E-state index in [-0.39, 0.29) is 35.7 Å². The summed E-state index contributed by atoms with van der Waals surface area (Å²) in [6.45, 7) is 4.72. The summed E-state index contributed by atoms with van der Waals surface area (Å²) in [6.07, 6.45) is 8.01. The van der Waals surface area contributed by atoms with E-state index in [0.717, 1.165) is 56.9 Å². The average Bonchev–Trinajstić information content (AvgIpc) is 3.36. The zero-order chi connectivity index (χ0) is 25.3. The molecule has 4 saturated carbocycles. The van der Waals surface area contributed by atoms with Crippen molar-refractivity contribution in [2.24, 2.45) is 34.5 Å². The van der Waals surface area contributed by atoms with Crippen LogP contribution in [0.4, 0.5) is 0 Å². The molecular weight excluding hydrogens is 456 g/mol. The van der Waals surface area contributed by atoms with Crippen LogP contribution >= 0.6 is 0 Å². The molecule has 0 amide bonds. The first-order chi connectivity index (χ1) is 17.2. The number of rotatable bonds is 3. The minimum Gasteiger partial charge on any atom is -0.455 e. The highest BCUT2D eigenvalue weighted by molar-refractivity contribution is 5.97. The van der Waals surface area contributed by atoms with Gasteiger partial charge in [0.2, 0.25) is 5.76 Å². The van der Waals surface area contributed by atoms with Crippen molar-refractivity contribution in [1.29, 1.82) is 0 Å². The SMILES string of the molecule is C[C@]12CC[C@H](O)C[C@H]1CC[C@@H]1[C@@H]2CC[C@]2(C)[C@@H](C3=C(OC(=O)c4ccccc4)C(=O)OC3)CC[C@]12O. The lowest BCUT2D eigenvalue weighted by atomic mass is 9.43. The van der Waals surface area contributed by atoms with Crippen LogP contribution in [0, 0.1) is 34.5 Å². The van der Waals surface area contributed by atoms with E-state index in [1.165, 1.54) is 0 Å². The van der Waals surface area contributed by atoms with E-state index in [2.05, 4.69) is 13.8 Å². The van der Waals surface area contributed by atoms with E-state index in [1.54, 1.807) is 24.3 Å². The molecule has 4 aliphatic carbocycles. The zero-order valence-electron chi connectivity index (χ0n) is 21.4. The third-order valence-electron chi connectivity index (χ3n) is 11.3. The van der Waals surface area contributed by atoms with Gasteiger partial charge in [-0.3, -0.25) is 0 Å². The Labute approximate surface area is 213 Å². The molecule has 1 aromatic carbocycles. The number of benzene rings is 1. The standard InChI is InChI=1S/C30H38O6/c1-28-13-10-20(31)16-19(28)8-9-24-23(28)11-14-29(2)22(12-15-30(24,29)34)21-17-35-27(33)25(21)36-26(32)18-6-4-3-5-7-18/h3-7,19-20,22-24,31,34H,8-17H2,1-2H3/t19-,20+,22-,23+,24-,28+,29-,30+/m1/s1. The summed E-state index contributed by atoms with van der Waals surface area (Å²) in [7, 11) is 0. The summed E-state index contributed by atoms with van der Waals surface area (Å²) < 4.78 is 11.0. The molecule has 0 saturated heterocycles. The summed E-state index contributed by atoms with van der Waals surface area (Å²) in [5, 5.41) is 22.8. The fraction of sp³-hybridized carbons (Fsp3) is 0.667. The molecule has 1 aromatic rings. The van der Waals surface area contributed by atoms with E-state index in [9.17, 15) is 19.8 Å². The summed E-state index contributed by atoms with van der Waals surface area (Å²) in [5.41, 5.74) is 0.0688. The Balaban J connectivity index is 1.30. The van der Waals surface area contributed by atoms with Crippen molar-refractivity contribution >= 4 is 11.9 Å². The van der Waals surface area contributed by atoms with Gasteiger partial charge in [-0.1, -0.05) is 32.0 Å². The molecule has 194 valence electrons. The maximum absolute atomic E-state index is 12.8. The van der Waals surface area contributed by atoms with Crippen LogP contribution in [0.3, 0.4) is 0 Å². The monoisotopic (exact) mass is 494 g/mol. The number of fused-ring (bicyclic) bond motifs is 5. The lowest BCUT2D eigenvalue weighted by molar-refractivity contribution is -0.208. The van der Waals surface area contributed by atoms with E-state index in [4.69, 9.17) is 9.47 Å². The lowest BCUT2D eigenvalue weighted by Crippen LogP contribution is -2.62. The van der Waals surface area contributed by atoms with E-state index >= 15 is 0 Å². The first-order valence-corrected chi connectivity index (χ1v) is 13.8. The quantitative estimate of drug-likeness (QED) is 0.587. The van der Waals surface area contributed by atoms with E-state index in [0.29, 0.717) is 23.8 Å². The molecule has 4 fully saturated rings. The van der Waals surface area contributed by atoms with Crippen LogP contribution in [0.25, 0.3) is 0 Å². The maximum atomic E-state index is 12.8. The number of aliphatic hydroxyl groups excluding tert-OH is 1. The van der Waals surface area contributed by atoms with Gasteiger partial charge in [-0.15, -0.1) is 0 Å². The van der Waals surface area contributed by atoms with Crippen molar-refractivity contribution in [3.8, 4) is 0 Å². The Morgan fingerprint density at radius 1 is 1.00 bits per heavy atom. The number of carbonyl (C=O) groups is 2. The first-order valence-electron chi connectivity index (χ1n) is 13.8. The van der Waals surface area contributed by atoms with Gasteiger partial charge in [-0.05, 0) is 99.0 Å². The van der Waals surface area contributed by atoms with Gasteiger partial charge >= 0.3 is 11.9 Å². The van der Waals surface area contributed by atoms with Gasteiger partial charge in [-0.2, -0.15) is 0 Å². The summed E-state index contributed by atoms with van der Waals surface area (Å²) >= 11 is 0. The van der Waals surface area contributed by atoms with Crippen molar-refractivity contribution < 1.29 is 29.3 Å². The Hall–Kier alpha value is -2.18. The number of hydrogen-bond donors (Lipinski definition) is 2. The summed E-state index contributed by atoms with van der Waals surface area (Å²) in [4.78, 5) is 25.4. The molecular formula is C30H38O6. The van der Waals surface area contributed by atoms with Crippen LogP contribution in [0.1, 0.15) is 82.0 Å². The lowest BCUT2D eigenvalue weighted by Gasteiger charge is -2.63.